The first-order valence-corrected chi connectivity index (χ1v) is 8.02. The quantitative estimate of drug-likeness (QED) is 0.672. The summed E-state index contributed by atoms with van der Waals surface area (Å²) in [6.45, 7) is 13.4. The molecule has 0 heteroatoms. The maximum Gasteiger partial charge on any atom is -0.0270 e. The molecule has 0 spiro atoms. The van der Waals surface area contributed by atoms with Crippen molar-refractivity contribution in [3.8, 4) is 0 Å². The molecule has 112 valence electrons. The van der Waals surface area contributed by atoms with E-state index >= 15 is 0 Å². The van der Waals surface area contributed by atoms with Crippen molar-refractivity contribution < 1.29 is 0 Å². The molecule has 0 saturated carbocycles. The summed E-state index contributed by atoms with van der Waals surface area (Å²) in [5, 5.41) is 0. The van der Waals surface area contributed by atoms with Gasteiger partial charge in [0.15, 0.2) is 0 Å². The van der Waals surface area contributed by atoms with Crippen LogP contribution in [0.2, 0.25) is 0 Å². The lowest BCUT2D eigenvalue weighted by molar-refractivity contribution is 0.802. The number of aryl methyl sites for hydroxylation is 6. The minimum Gasteiger partial charge on any atom is -0.0561 e. The minimum absolute atomic E-state index is 1.19. The zero-order valence-electron chi connectivity index (χ0n) is 14.4. The highest BCUT2D eigenvalue weighted by Crippen LogP contribution is 2.22. The highest BCUT2D eigenvalue weighted by molar-refractivity contribution is 5.39. The first-order chi connectivity index (χ1) is 9.88. The highest BCUT2D eigenvalue weighted by Gasteiger charge is 2.07. The van der Waals surface area contributed by atoms with Gasteiger partial charge in [0, 0.05) is 0 Å². The molecule has 0 fully saturated rings. The van der Waals surface area contributed by atoms with Crippen molar-refractivity contribution in [3.63, 3.8) is 0 Å². The Balaban J connectivity index is 2.09. The van der Waals surface area contributed by atoms with Crippen LogP contribution in [0.25, 0.3) is 0 Å². The Morgan fingerprint density at radius 1 is 0.524 bits per heavy atom. The molecular formula is C21H28. The van der Waals surface area contributed by atoms with E-state index in [-0.39, 0.29) is 0 Å². The second-order valence-corrected chi connectivity index (χ2v) is 6.61. The Morgan fingerprint density at radius 3 is 1.10 bits per heavy atom. The molecule has 21 heavy (non-hydrogen) atoms. The van der Waals surface area contributed by atoms with Crippen molar-refractivity contribution in [2.24, 2.45) is 0 Å². The van der Waals surface area contributed by atoms with Gasteiger partial charge in [-0.2, -0.15) is 0 Å². The molecule has 2 rings (SSSR count). The zero-order valence-corrected chi connectivity index (χ0v) is 14.4. The summed E-state index contributed by atoms with van der Waals surface area (Å²) in [5.41, 5.74) is 11.6. The minimum atomic E-state index is 1.19. The molecule has 0 aromatic heterocycles. The van der Waals surface area contributed by atoms with Crippen LogP contribution in [0, 0.1) is 41.5 Å². The van der Waals surface area contributed by atoms with Gasteiger partial charge in [-0.3, -0.25) is 0 Å². The van der Waals surface area contributed by atoms with Gasteiger partial charge in [0.05, 0.1) is 0 Å². The summed E-state index contributed by atoms with van der Waals surface area (Å²) in [6, 6.07) is 9.24. The number of hydrogen-bond donors (Lipinski definition) is 0. The van der Waals surface area contributed by atoms with E-state index in [1.807, 2.05) is 0 Å². The van der Waals surface area contributed by atoms with Gasteiger partial charge in [-0.15, -0.1) is 0 Å². The van der Waals surface area contributed by atoms with Crippen LogP contribution >= 0.6 is 0 Å². The van der Waals surface area contributed by atoms with E-state index in [2.05, 4.69) is 65.8 Å². The SMILES string of the molecule is Cc1cc(C)c(CCCc2c(C)cc(C)cc2C)c(C)c1. The molecule has 0 amide bonds. The molecule has 0 aliphatic rings. The van der Waals surface area contributed by atoms with Gasteiger partial charge in [0.2, 0.25) is 0 Å². The van der Waals surface area contributed by atoms with Crippen molar-refractivity contribution in [1.82, 2.24) is 0 Å². The van der Waals surface area contributed by atoms with Gasteiger partial charge >= 0.3 is 0 Å². The average Bonchev–Trinajstić information content (AvgIpc) is 2.34. The fourth-order valence-electron chi connectivity index (χ4n) is 3.65. The third-order valence-corrected chi connectivity index (χ3v) is 4.53. The van der Waals surface area contributed by atoms with Gasteiger partial charge in [-0.1, -0.05) is 35.4 Å². The molecule has 0 saturated heterocycles. The molecule has 0 bridgehead atoms. The largest absolute Gasteiger partial charge is 0.0561 e. The van der Waals surface area contributed by atoms with Crippen molar-refractivity contribution >= 4 is 0 Å². The molecule has 2 aromatic rings. The lowest BCUT2D eigenvalue weighted by Crippen LogP contribution is -2.00. The first kappa shape index (κ1) is 15.8. The van der Waals surface area contributed by atoms with Crippen LogP contribution in [0.4, 0.5) is 0 Å². The summed E-state index contributed by atoms with van der Waals surface area (Å²) >= 11 is 0. The van der Waals surface area contributed by atoms with Gasteiger partial charge < -0.3 is 0 Å². The predicted octanol–water partition coefficient (Wildman–Crippen LogP) is 5.71. The lowest BCUT2D eigenvalue weighted by atomic mass is 9.92. The Labute approximate surface area is 130 Å². The van der Waals surface area contributed by atoms with Gasteiger partial charge in [0.25, 0.3) is 0 Å². The number of hydrogen-bond acceptors (Lipinski definition) is 0. The van der Waals surface area contributed by atoms with E-state index in [0.717, 1.165) is 0 Å². The molecule has 0 unspecified atom stereocenters. The van der Waals surface area contributed by atoms with Crippen LogP contribution in [0.1, 0.15) is 50.9 Å². The third-order valence-electron chi connectivity index (χ3n) is 4.53. The van der Waals surface area contributed by atoms with E-state index in [1.54, 1.807) is 11.1 Å². The maximum atomic E-state index is 2.31. The van der Waals surface area contributed by atoms with E-state index in [9.17, 15) is 0 Å². The first-order valence-electron chi connectivity index (χ1n) is 8.02. The molecule has 2 aromatic carbocycles. The fraction of sp³-hybridized carbons (Fsp3) is 0.429. The van der Waals surface area contributed by atoms with Crippen molar-refractivity contribution in [1.29, 1.82) is 0 Å². The second-order valence-electron chi connectivity index (χ2n) is 6.61. The van der Waals surface area contributed by atoms with E-state index in [1.165, 1.54) is 52.6 Å². The van der Waals surface area contributed by atoms with Crippen molar-refractivity contribution in [2.45, 2.75) is 60.8 Å². The van der Waals surface area contributed by atoms with E-state index in [4.69, 9.17) is 0 Å². The topological polar surface area (TPSA) is 0 Å². The molecular weight excluding hydrogens is 252 g/mol. The molecule has 0 N–H and O–H groups in total. The average molecular weight is 280 g/mol. The summed E-state index contributed by atoms with van der Waals surface area (Å²) in [6.07, 6.45) is 3.60. The summed E-state index contributed by atoms with van der Waals surface area (Å²) < 4.78 is 0. The Kier molecular flexibility index (Phi) is 4.88. The molecule has 0 radical (unpaired) electrons. The standard InChI is InChI=1S/C21H28/c1-14-10-16(3)20(17(4)11-14)8-7-9-21-18(5)12-15(2)13-19(21)6/h10-13H,7-9H2,1-6H3. The lowest BCUT2D eigenvalue weighted by Gasteiger charge is -2.14. The Bertz CT molecular complexity index is 544. The molecule has 0 nitrogen and oxygen atoms in total. The molecule has 0 aliphatic heterocycles. The molecule has 0 aliphatic carbocycles. The summed E-state index contributed by atoms with van der Waals surface area (Å²) in [7, 11) is 0. The van der Waals surface area contributed by atoms with Crippen molar-refractivity contribution in [2.75, 3.05) is 0 Å². The fourth-order valence-corrected chi connectivity index (χ4v) is 3.65. The van der Waals surface area contributed by atoms with E-state index < -0.39 is 0 Å². The van der Waals surface area contributed by atoms with Gasteiger partial charge in [-0.05, 0) is 94.2 Å². The van der Waals surface area contributed by atoms with Gasteiger partial charge in [-0.25, -0.2) is 0 Å². The zero-order chi connectivity index (χ0) is 15.6. The van der Waals surface area contributed by atoms with Crippen LogP contribution in [0.15, 0.2) is 24.3 Å². The van der Waals surface area contributed by atoms with Crippen LogP contribution in [-0.4, -0.2) is 0 Å². The Morgan fingerprint density at radius 2 is 0.810 bits per heavy atom. The number of benzene rings is 2. The number of rotatable bonds is 4. The normalized spacial score (nSPS) is 11.0. The summed E-state index contributed by atoms with van der Waals surface area (Å²) in [5.74, 6) is 0. The van der Waals surface area contributed by atoms with Crippen molar-refractivity contribution in [3.05, 3.63) is 68.8 Å². The molecule has 0 heterocycles. The highest BCUT2D eigenvalue weighted by atomic mass is 14.1. The predicted molar refractivity (Wildman–Crippen MR) is 93.3 cm³/mol. The second kappa shape index (κ2) is 6.47. The summed E-state index contributed by atoms with van der Waals surface area (Å²) in [4.78, 5) is 0. The van der Waals surface area contributed by atoms with Crippen LogP contribution < -0.4 is 0 Å². The third kappa shape index (κ3) is 3.75. The molecule has 0 atom stereocenters. The monoisotopic (exact) mass is 280 g/mol. The van der Waals surface area contributed by atoms with Crippen LogP contribution in [-0.2, 0) is 12.8 Å². The van der Waals surface area contributed by atoms with Gasteiger partial charge in [0.1, 0.15) is 0 Å². The van der Waals surface area contributed by atoms with E-state index in [0.29, 0.717) is 0 Å². The van der Waals surface area contributed by atoms with Crippen LogP contribution in [0.5, 0.6) is 0 Å². The van der Waals surface area contributed by atoms with Crippen LogP contribution in [0.3, 0.4) is 0 Å². The smallest absolute Gasteiger partial charge is 0.0270 e. The Hall–Kier alpha value is -1.56. The maximum absolute atomic E-state index is 2.31.